The van der Waals surface area contributed by atoms with Crippen LogP contribution in [0.5, 0.6) is 5.75 Å². The monoisotopic (exact) mass is 337 g/mol. The van der Waals surface area contributed by atoms with E-state index < -0.39 is 5.97 Å². The maximum atomic E-state index is 11.6. The quantitative estimate of drug-likeness (QED) is 0.712. The molecule has 0 fully saturated rings. The van der Waals surface area contributed by atoms with Gasteiger partial charge in [-0.15, -0.1) is 6.42 Å². The SMILES string of the molecule is C#Cc1cccc2c(C(=O)O)c(O)c(Cc3ccc(Cl)cc3)nc12. The van der Waals surface area contributed by atoms with Crippen molar-refractivity contribution in [3.8, 4) is 18.1 Å². The molecule has 0 saturated heterocycles. The number of halogens is 1. The minimum Gasteiger partial charge on any atom is -0.505 e. The number of terminal acetylenes is 1. The topological polar surface area (TPSA) is 70.4 Å². The van der Waals surface area contributed by atoms with Crippen LogP contribution in [0.1, 0.15) is 27.2 Å². The number of benzene rings is 2. The van der Waals surface area contributed by atoms with Crippen LogP contribution in [-0.2, 0) is 6.42 Å². The second-order valence-electron chi connectivity index (χ2n) is 5.24. The van der Waals surface area contributed by atoms with Crippen LogP contribution in [0.3, 0.4) is 0 Å². The Morgan fingerprint density at radius 2 is 1.92 bits per heavy atom. The van der Waals surface area contributed by atoms with Crippen LogP contribution < -0.4 is 0 Å². The van der Waals surface area contributed by atoms with Crippen LogP contribution in [-0.4, -0.2) is 21.2 Å². The molecule has 2 N–H and O–H groups in total. The third-order valence-electron chi connectivity index (χ3n) is 3.72. The first kappa shape index (κ1) is 15.9. The highest BCUT2D eigenvalue weighted by Crippen LogP contribution is 2.32. The number of hydrogen-bond donors (Lipinski definition) is 2. The predicted molar refractivity (Wildman–Crippen MR) is 92.6 cm³/mol. The molecule has 0 aliphatic carbocycles. The highest BCUT2D eigenvalue weighted by molar-refractivity contribution is 6.30. The van der Waals surface area contributed by atoms with Crippen LogP contribution in [0, 0.1) is 12.3 Å². The van der Waals surface area contributed by atoms with Gasteiger partial charge in [0.1, 0.15) is 5.56 Å². The molecular weight excluding hydrogens is 326 g/mol. The van der Waals surface area contributed by atoms with Gasteiger partial charge >= 0.3 is 5.97 Å². The Morgan fingerprint density at radius 3 is 2.54 bits per heavy atom. The molecule has 0 spiro atoms. The van der Waals surface area contributed by atoms with Crippen molar-refractivity contribution in [3.05, 3.63) is 69.9 Å². The number of aromatic carboxylic acids is 1. The summed E-state index contributed by atoms with van der Waals surface area (Å²) in [7, 11) is 0. The smallest absolute Gasteiger partial charge is 0.340 e. The molecule has 0 radical (unpaired) electrons. The molecular formula is C19H12ClNO3. The highest BCUT2D eigenvalue weighted by atomic mass is 35.5. The first-order valence-corrected chi connectivity index (χ1v) is 7.48. The van der Waals surface area contributed by atoms with Gasteiger partial charge in [0.15, 0.2) is 5.75 Å². The maximum Gasteiger partial charge on any atom is 0.340 e. The Kier molecular flexibility index (Phi) is 4.11. The molecule has 1 heterocycles. The third-order valence-corrected chi connectivity index (χ3v) is 3.97. The molecule has 118 valence electrons. The summed E-state index contributed by atoms with van der Waals surface area (Å²) in [5, 5.41) is 20.8. The van der Waals surface area contributed by atoms with E-state index in [4.69, 9.17) is 18.0 Å². The number of nitrogens with zero attached hydrogens (tertiary/aromatic N) is 1. The fourth-order valence-electron chi connectivity index (χ4n) is 2.58. The molecule has 3 aromatic rings. The van der Waals surface area contributed by atoms with Gasteiger partial charge in [0.25, 0.3) is 0 Å². The number of carbonyl (C=O) groups is 1. The van der Waals surface area contributed by atoms with E-state index in [1.807, 2.05) is 0 Å². The zero-order valence-electron chi connectivity index (χ0n) is 12.5. The van der Waals surface area contributed by atoms with E-state index in [-0.39, 0.29) is 23.4 Å². The maximum absolute atomic E-state index is 11.6. The zero-order chi connectivity index (χ0) is 17.3. The summed E-state index contributed by atoms with van der Waals surface area (Å²) in [5.41, 5.74) is 1.77. The molecule has 1 aromatic heterocycles. The van der Waals surface area contributed by atoms with Crippen molar-refractivity contribution in [1.82, 2.24) is 4.98 Å². The molecule has 24 heavy (non-hydrogen) atoms. The van der Waals surface area contributed by atoms with Crippen molar-refractivity contribution in [2.24, 2.45) is 0 Å². The van der Waals surface area contributed by atoms with Gasteiger partial charge in [0.2, 0.25) is 0 Å². The molecule has 3 rings (SSSR count). The summed E-state index contributed by atoms with van der Waals surface area (Å²) in [6.07, 6.45) is 5.75. The third kappa shape index (κ3) is 2.78. The second-order valence-corrected chi connectivity index (χ2v) is 5.67. The first-order valence-electron chi connectivity index (χ1n) is 7.10. The number of pyridine rings is 1. The number of carboxylic acids is 1. The van der Waals surface area contributed by atoms with Gasteiger partial charge in [0, 0.05) is 16.8 Å². The van der Waals surface area contributed by atoms with Crippen LogP contribution in [0.15, 0.2) is 42.5 Å². The molecule has 4 nitrogen and oxygen atoms in total. The summed E-state index contributed by atoms with van der Waals surface area (Å²) >= 11 is 5.87. The summed E-state index contributed by atoms with van der Waals surface area (Å²) in [6, 6.07) is 11.9. The van der Waals surface area contributed by atoms with Crippen molar-refractivity contribution in [2.75, 3.05) is 0 Å². The van der Waals surface area contributed by atoms with Crippen molar-refractivity contribution < 1.29 is 15.0 Å². The fraction of sp³-hybridized carbons (Fsp3) is 0.0526. The van der Waals surface area contributed by atoms with E-state index in [2.05, 4.69) is 10.9 Å². The molecule has 0 bridgehead atoms. The average molecular weight is 338 g/mol. The van der Waals surface area contributed by atoms with E-state index in [0.29, 0.717) is 21.5 Å². The number of hydrogen-bond acceptors (Lipinski definition) is 3. The Bertz CT molecular complexity index is 988. The van der Waals surface area contributed by atoms with Gasteiger partial charge in [-0.1, -0.05) is 41.8 Å². The zero-order valence-corrected chi connectivity index (χ0v) is 13.2. The second kappa shape index (κ2) is 6.23. The van der Waals surface area contributed by atoms with Crippen molar-refractivity contribution in [3.63, 3.8) is 0 Å². The number of rotatable bonds is 3. The van der Waals surface area contributed by atoms with Gasteiger partial charge in [-0.3, -0.25) is 0 Å². The van der Waals surface area contributed by atoms with E-state index in [1.54, 1.807) is 42.5 Å². The molecule has 0 unspecified atom stereocenters. The van der Waals surface area contributed by atoms with Gasteiger partial charge in [-0.25, -0.2) is 9.78 Å². The van der Waals surface area contributed by atoms with Crippen molar-refractivity contribution in [1.29, 1.82) is 0 Å². The molecule has 0 amide bonds. The minimum atomic E-state index is -1.23. The Balaban J connectivity index is 2.24. The number of aromatic hydroxyl groups is 1. The lowest BCUT2D eigenvalue weighted by atomic mass is 10.0. The lowest BCUT2D eigenvalue weighted by Gasteiger charge is -2.11. The van der Waals surface area contributed by atoms with Crippen LogP contribution in [0.2, 0.25) is 5.02 Å². The summed E-state index contributed by atoms with van der Waals surface area (Å²) < 4.78 is 0. The largest absolute Gasteiger partial charge is 0.505 e. The predicted octanol–water partition coefficient (Wildman–Crippen LogP) is 3.86. The lowest BCUT2D eigenvalue weighted by molar-refractivity contribution is 0.0695. The molecule has 0 saturated carbocycles. The first-order chi connectivity index (χ1) is 11.5. The van der Waals surface area contributed by atoms with Gasteiger partial charge < -0.3 is 10.2 Å². The number of fused-ring (bicyclic) bond motifs is 1. The van der Waals surface area contributed by atoms with E-state index >= 15 is 0 Å². The summed E-state index contributed by atoms with van der Waals surface area (Å²) in [5.74, 6) is 0.921. The van der Waals surface area contributed by atoms with Crippen molar-refractivity contribution in [2.45, 2.75) is 6.42 Å². The fourth-order valence-corrected chi connectivity index (χ4v) is 2.70. The van der Waals surface area contributed by atoms with E-state index in [9.17, 15) is 15.0 Å². The van der Waals surface area contributed by atoms with Gasteiger partial charge in [-0.2, -0.15) is 0 Å². The van der Waals surface area contributed by atoms with Crippen LogP contribution in [0.4, 0.5) is 0 Å². The van der Waals surface area contributed by atoms with Crippen LogP contribution >= 0.6 is 11.6 Å². The summed E-state index contributed by atoms with van der Waals surface area (Å²) in [6.45, 7) is 0. The van der Waals surface area contributed by atoms with E-state index in [1.165, 1.54) is 0 Å². The van der Waals surface area contributed by atoms with E-state index in [0.717, 1.165) is 5.56 Å². The highest BCUT2D eigenvalue weighted by Gasteiger charge is 2.21. The average Bonchev–Trinajstić information content (AvgIpc) is 2.56. The Morgan fingerprint density at radius 1 is 1.21 bits per heavy atom. The van der Waals surface area contributed by atoms with Crippen molar-refractivity contribution >= 4 is 28.5 Å². The standard InChI is InChI=1S/C19H12ClNO3/c1-2-12-4-3-5-14-16(19(23)24)18(22)15(21-17(12)14)10-11-6-8-13(20)9-7-11/h1,3-9,22H,10H2,(H,23,24). The Labute approximate surface area is 143 Å². The Hall–Kier alpha value is -3.03. The van der Waals surface area contributed by atoms with Crippen LogP contribution in [0.25, 0.3) is 10.9 Å². The normalized spacial score (nSPS) is 10.5. The molecule has 2 aromatic carbocycles. The lowest BCUT2D eigenvalue weighted by Crippen LogP contribution is -2.05. The van der Waals surface area contributed by atoms with Gasteiger partial charge in [-0.05, 0) is 23.8 Å². The molecule has 0 aliphatic heterocycles. The number of carboxylic acid groups (broad SMARTS) is 1. The molecule has 5 heteroatoms. The van der Waals surface area contributed by atoms with Gasteiger partial charge in [0.05, 0.1) is 16.8 Å². The molecule has 0 aliphatic rings. The molecule has 0 atom stereocenters. The number of aromatic nitrogens is 1. The number of para-hydroxylation sites is 1. The minimum absolute atomic E-state index is 0.193. The summed E-state index contributed by atoms with van der Waals surface area (Å²) in [4.78, 5) is 16.0.